The Morgan fingerprint density at radius 3 is 2.59 bits per heavy atom. The Morgan fingerprint density at radius 1 is 1.19 bits per heavy atom. The molecule has 0 aliphatic heterocycles. The fourth-order valence-corrected chi connectivity index (χ4v) is 2.94. The van der Waals surface area contributed by atoms with Crippen molar-refractivity contribution >= 4 is 23.4 Å². The van der Waals surface area contributed by atoms with Crippen LogP contribution in [0.2, 0.25) is 0 Å². The molecule has 0 fully saturated rings. The molecule has 27 heavy (non-hydrogen) atoms. The zero-order valence-electron chi connectivity index (χ0n) is 14.3. The average Bonchev–Trinajstić information content (AvgIpc) is 3.18. The number of aromatic nitrogens is 2. The molecular weight excluding hydrogens is 383 g/mol. The Bertz CT molecular complexity index is 966. The van der Waals surface area contributed by atoms with Gasteiger partial charge < -0.3 is 14.2 Å². The molecule has 0 bridgehead atoms. The third-order valence-corrected chi connectivity index (χ3v) is 4.33. The lowest BCUT2D eigenvalue weighted by molar-refractivity contribution is -0.137. The first-order valence-electron chi connectivity index (χ1n) is 7.74. The number of furan rings is 1. The number of amides is 1. The number of nitrogens with zero attached hydrogens (tertiary/aromatic N) is 2. The number of carbonyl (C=O) groups excluding carboxylic acids is 1. The van der Waals surface area contributed by atoms with Gasteiger partial charge in [-0.05, 0) is 32.0 Å². The van der Waals surface area contributed by atoms with E-state index in [2.05, 4.69) is 15.5 Å². The molecule has 0 aliphatic rings. The maximum absolute atomic E-state index is 13.0. The van der Waals surface area contributed by atoms with Crippen LogP contribution in [0.5, 0.6) is 0 Å². The van der Waals surface area contributed by atoms with Crippen LogP contribution in [0.15, 0.2) is 44.4 Å². The Labute approximate surface area is 156 Å². The van der Waals surface area contributed by atoms with Gasteiger partial charge >= 0.3 is 6.18 Å². The van der Waals surface area contributed by atoms with E-state index < -0.39 is 17.6 Å². The second kappa shape index (κ2) is 7.47. The van der Waals surface area contributed by atoms with Crippen LogP contribution in [-0.2, 0) is 11.0 Å². The number of alkyl halides is 3. The van der Waals surface area contributed by atoms with Crippen LogP contribution in [-0.4, -0.2) is 21.9 Å². The topological polar surface area (TPSA) is 81.2 Å². The number of hydrogen-bond acceptors (Lipinski definition) is 6. The van der Waals surface area contributed by atoms with Crippen LogP contribution in [0, 0.1) is 13.8 Å². The number of hydrogen-bond donors (Lipinski definition) is 1. The molecule has 3 aromatic rings. The van der Waals surface area contributed by atoms with Crippen molar-refractivity contribution in [2.75, 3.05) is 11.1 Å². The van der Waals surface area contributed by atoms with E-state index in [-0.39, 0.29) is 22.6 Å². The summed E-state index contributed by atoms with van der Waals surface area (Å²) in [5.41, 5.74) is -0.559. The second-order valence-corrected chi connectivity index (χ2v) is 6.51. The number of rotatable bonds is 5. The van der Waals surface area contributed by atoms with Gasteiger partial charge in [-0.25, -0.2) is 0 Å². The summed E-state index contributed by atoms with van der Waals surface area (Å²) >= 11 is 0.925. The van der Waals surface area contributed by atoms with Gasteiger partial charge in [-0.15, -0.1) is 10.2 Å². The highest BCUT2D eigenvalue weighted by Crippen LogP contribution is 2.34. The summed E-state index contributed by atoms with van der Waals surface area (Å²) in [7, 11) is 0. The molecule has 0 unspecified atom stereocenters. The standard InChI is InChI=1S/C17H14F3N3O3S/c1-9-7-11(10(2)25-9)15-22-23-16(26-15)27-8-14(24)21-13-6-4-3-5-12(13)17(18,19)20/h3-7H,8H2,1-2H3,(H,21,24). The van der Waals surface area contributed by atoms with Crippen molar-refractivity contribution in [3.8, 4) is 11.5 Å². The van der Waals surface area contributed by atoms with Crippen LogP contribution in [0.25, 0.3) is 11.5 Å². The number of anilines is 1. The number of halogens is 3. The van der Waals surface area contributed by atoms with Gasteiger partial charge in [0.05, 0.1) is 22.6 Å². The Kier molecular flexibility index (Phi) is 5.26. The van der Waals surface area contributed by atoms with Gasteiger partial charge in [0.1, 0.15) is 11.5 Å². The summed E-state index contributed by atoms with van der Waals surface area (Å²) < 4.78 is 49.7. The van der Waals surface area contributed by atoms with E-state index in [9.17, 15) is 18.0 Å². The van der Waals surface area contributed by atoms with Crippen LogP contribution in [0.4, 0.5) is 18.9 Å². The SMILES string of the molecule is Cc1cc(-c2nnc(SCC(=O)Nc3ccccc3C(F)(F)F)o2)c(C)o1. The van der Waals surface area contributed by atoms with Gasteiger partial charge in [0.25, 0.3) is 11.1 Å². The highest BCUT2D eigenvalue weighted by Gasteiger charge is 2.33. The molecule has 0 aliphatic carbocycles. The summed E-state index contributed by atoms with van der Waals surface area (Å²) in [4.78, 5) is 12.0. The molecule has 1 aromatic carbocycles. The summed E-state index contributed by atoms with van der Waals surface area (Å²) in [6.07, 6.45) is -4.56. The zero-order chi connectivity index (χ0) is 19.6. The number of para-hydroxylation sites is 1. The van der Waals surface area contributed by atoms with Gasteiger partial charge in [-0.2, -0.15) is 13.2 Å². The van der Waals surface area contributed by atoms with Crippen molar-refractivity contribution in [3.05, 3.63) is 47.4 Å². The highest BCUT2D eigenvalue weighted by atomic mass is 32.2. The second-order valence-electron chi connectivity index (χ2n) is 5.58. The minimum atomic E-state index is -4.56. The van der Waals surface area contributed by atoms with E-state index in [1.807, 2.05) is 0 Å². The fraction of sp³-hybridized carbons (Fsp3) is 0.235. The van der Waals surface area contributed by atoms with E-state index in [4.69, 9.17) is 8.83 Å². The molecule has 142 valence electrons. The van der Waals surface area contributed by atoms with E-state index in [1.165, 1.54) is 18.2 Å². The maximum atomic E-state index is 13.0. The summed E-state index contributed by atoms with van der Waals surface area (Å²) in [6, 6.07) is 6.52. The predicted octanol–water partition coefficient (Wildman–Crippen LogP) is 4.70. The smallest absolute Gasteiger partial charge is 0.418 e. The monoisotopic (exact) mass is 397 g/mol. The Hall–Kier alpha value is -2.75. The fourth-order valence-electron chi connectivity index (χ4n) is 2.37. The van der Waals surface area contributed by atoms with Gasteiger partial charge in [0.2, 0.25) is 5.91 Å². The van der Waals surface area contributed by atoms with Crippen LogP contribution >= 0.6 is 11.8 Å². The lowest BCUT2D eigenvalue weighted by Gasteiger charge is -2.13. The quantitative estimate of drug-likeness (QED) is 0.629. The van der Waals surface area contributed by atoms with Crippen LogP contribution < -0.4 is 5.32 Å². The summed E-state index contributed by atoms with van der Waals surface area (Å²) in [5.74, 6) is 0.755. The molecule has 0 radical (unpaired) electrons. The molecule has 2 aromatic heterocycles. The van der Waals surface area contributed by atoms with E-state index in [1.54, 1.807) is 19.9 Å². The van der Waals surface area contributed by atoms with Gasteiger partial charge in [0.15, 0.2) is 0 Å². The maximum Gasteiger partial charge on any atom is 0.418 e. The van der Waals surface area contributed by atoms with Crippen molar-refractivity contribution in [3.63, 3.8) is 0 Å². The van der Waals surface area contributed by atoms with Crippen molar-refractivity contribution in [1.82, 2.24) is 10.2 Å². The molecule has 1 amide bonds. The normalized spacial score (nSPS) is 11.6. The van der Waals surface area contributed by atoms with Crippen molar-refractivity contribution in [1.29, 1.82) is 0 Å². The van der Waals surface area contributed by atoms with E-state index in [0.717, 1.165) is 17.8 Å². The van der Waals surface area contributed by atoms with Gasteiger partial charge in [-0.1, -0.05) is 23.9 Å². The molecule has 1 N–H and O–H groups in total. The number of carbonyl (C=O) groups is 1. The molecule has 2 heterocycles. The number of benzene rings is 1. The molecule has 10 heteroatoms. The first-order chi connectivity index (χ1) is 12.7. The first-order valence-corrected chi connectivity index (χ1v) is 8.72. The van der Waals surface area contributed by atoms with E-state index in [0.29, 0.717) is 17.1 Å². The summed E-state index contributed by atoms with van der Waals surface area (Å²) in [5, 5.41) is 10.1. The third kappa shape index (κ3) is 4.51. The average molecular weight is 397 g/mol. The van der Waals surface area contributed by atoms with Crippen molar-refractivity contribution < 1.29 is 26.8 Å². The minimum Gasteiger partial charge on any atom is -0.466 e. The zero-order valence-corrected chi connectivity index (χ0v) is 15.1. The number of thioether (sulfide) groups is 1. The van der Waals surface area contributed by atoms with Gasteiger partial charge in [-0.3, -0.25) is 4.79 Å². The molecule has 6 nitrogen and oxygen atoms in total. The number of aryl methyl sites for hydroxylation is 2. The molecule has 0 spiro atoms. The number of nitrogens with one attached hydrogen (secondary N) is 1. The van der Waals surface area contributed by atoms with Crippen molar-refractivity contribution in [2.24, 2.45) is 0 Å². The summed E-state index contributed by atoms with van der Waals surface area (Å²) in [6.45, 7) is 3.54. The molecule has 0 saturated carbocycles. The molecule has 3 rings (SSSR count). The lowest BCUT2D eigenvalue weighted by Crippen LogP contribution is -2.18. The molecule has 0 saturated heterocycles. The van der Waals surface area contributed by atoms with Gasteiger partial charge in [0, 0.05) is 0 Å². The Morgan fingerprint density at radius 2 is 1.93 bits per heavy atom. The van der Waals surface area contributed by atoms with Crippen LogP contribution in [0.1, 0.15) is 17.1 Å². The third-order valence-electron chi connectivity index (χ3n) is 3.51. The lowest BCUT2D eigenvalue weighted by atomic mass is 10.1. The Balaban J connectivity index is 1.63. The molecule has 0 atom stereocenters. The minimum absolute atomic E-state index is 0.127. The predicted molar refractivity (Wildman–Crippen MR) is 92.3 cm³/mol. The van der Waals surface area contributed by atoms with Crippen molar-refractivity contribution in [2.45, 2.75) is 25.2 Å². The first kappa shape index (κ1) is 19.0. The van der Waals surface area contributed by atoms with Crippen LogP contribution in [0.3, 0.4) is 0 Å². The highest BCUT2D eigenvalue weighted by molar-refractivity contribution is 7.99. The van der Waals surface area contributed by atoms with E-state index >= 15 is 0 Å². The largest absolute Gasteiger partial charge is 0.466 e. The molecular formula is C17H14F3N3O3S.